The fourth-order valence-electron chi connectivity index (χ4n) is 0.801. The summed E-state index contributed by atoms with van der Waals surface area (Å²) < 4.78 is 69.0. The number of rotatable bonds is 0. The lowest BCUT2D eigenvalue weighted by atomic mass is 10.2. The second-order valence-corrected chi connectivity index (χ2v) is 3.40. The molecule has 94 valence electrons. The van der Waals surface area contributed by atoms with E-state index in [-0.39, 0.29) is 0 Å². The molecule has 6 nitrogen and oxygen atoms in total. The number of benzene rings is 1. The molecule has 0 spiro atoms. The summed E-state index contributed by atoms with van der Waals surface area (Å²) in [5, 5.41) is 8.21. The summed E-state index contributed by atoms with van der Waals surface area (Å²) in [6, 6.07) is 4.54. The average molecular weight is 270 g/mol. The first kappa shape index (κ1) is 15.3. The summed E-state index contributed by atoms with van der Waals surface area (Å²) in [4.78, 5) is 2.52. The first-order valence-corrected chi connectivity index (χ1v) is 5.12. The molecular formula is C7H5F3N2O4S. The molecule has 1 aromatic rings. The van der Waals surface area contributed by atoms with Crippen molar-refractivity contribution in [2.75, 3.05) is 0 Å². The van der Waals surface area contributed by atoms with E-state index in [0.29, 0.717) is 0 Å². The van der Waals surface area contributed by atoms with Crippen molar-refractivity contribution in [2.24, 2.45) is 0 Å². The predicted molar refractivity (Wildman–Crippen MR) is 48.5 cm³/mol. The van der Waals surface area contributed by atoms with Crippen LogP contribution >= 0.6 is 0 Å². The minimum absolute atomic E-state index is 0.468. The molecule has 0 unspecified atom stereocenters. The summed E-state index contributed by atoms with van der Waals surface area (Å²) >= 11 is 0. The summed E-state index contributed by atoms with van der Waals surface area (Å²) in [6.45, 7) is 0. The van der Waals surface area contributed by atoms with Crippen molar-refractivity contribution >= 4 is 16.1 Å². The highest BCUT2D eigenvalue weighted by molar-refractivity contribution is 7.79. The molecule has 0 saturated heterocycles. The molecule has 1 rings (SSSR count). The second-order valence-electron chi connectivity index (χ2n) is 2.54. The molecule has 0 saturated carbocycles. The molecule has 0 aliphatic heterocycles. The van der Waals surface area contributed by atoms with Crippen molar-refractivity contribution in [2.45, 2.75) is 6.18 Å². The average Bonchev–Trinajstić information content (AvgIpc) is 2.14. The van der Waals surface area contributed by atoms with Crippen LogP contribution in [0, 0.1) is 5.39 Å². The van der Waals surface area contributed by atoms with Crippen molar-refractivity contribution in [3.8, 4) is 0 Å². The molecule has 10 heteroatoms. The van der Waals surface area contributed by atoms with Crippen LogP contribution in [0.15, 0.2) is 24.3 Å². The molecule has 1 aromatic carbocycles. The van der Waals surface area contributed by atoms with Crippen molar-refractivity contribution in [3.63, 3.8) is 0 Å². The fraction of sp³-hybridized carbons (Fsp3) is 0.143. The van der Waals surface area contributed by atoms with Gasteiger partial charge in [0.2, 0.25) is 15.8 Å². The van der Waals surface area contributed by atoms with Gasteiger partial charge >= 0.3 is 11.9 Å². The molecule has 0 heterocycles. The van der Waals surface area contributed by atoms with Gasteiger partial charge in [0.05, 0.1) is 0 Å². The number of halogens is 3. The van der Waals surface area contributed by atoms with E-state index in [1.165, 1.54) is 12.1 Å². The van der Waals surface area contributed by atoms with Gasteiger partial charge < -0.3 is 4.55 Å². The Bertz CT molecular complexity index is 513. The zero-order valence-electron chi connectivity index (χ0n) is 7.92. The van der Waals surface area contributed by atoms with Crippen LogP contribution in [0.2, 0.25) is 0 Å². The fourth-order valence-corrected chi connectivity index (χ4v) is 0.801. The lowest BCUT2D eigenvalue weighted by molar-refractivity contribution is -0.136. The molecule has 0 aromatic heterocycles. The van der Waals surface area contributed by atoms with Crippen LogP contribution in [0.25, 0.3) is 4.98 Å². The smallest absolute Gasteiger partial charge is 0.424 e. The Morgan fingerprint density at radius 1 is 1.29 bits per heavy atom. The third-order valence-corrected chi connectivity index (χ3v) is 1.32. The van der Waals surface area contributed by atoms with Crippen molar-refractivity contribution in [1.29, 1.82) is 5.39 Å². The SMILES string of the molecule is N#[N+]c1ccccc1C(F)(F)F.O=S(=O)([O-])O. The quantitative estimate of drug-likeness (QED) is 0.442. The second kappa shape index (κ2) is 5.58. The van der Waals surface area contributed by atoms with Gasteiger partial charge in [0.15, 0.2) is 10.5 Å². The van der Waals surface area contributed by atoms with E-state index in [0.717, 1.165) is 12.1 Å². The maximum Gasteiger partial charge on any atom is 0.424 e. The number of hydrogen-bond acceptors (Lipinski definition) is 4. The van der Waals surface area contributed by atoms with E-state index < -0.39 is 27.8 Å². The number of diazo groups is 1. The summed E-state index contributed by atoms with van der Waals surface area (Å²) in [5.74, 6) is 0. The third kappa shape index (κ3) is 7.23. The van der Waals surface area contributed by atoms with Crippen molar-refractivity contribution in [3.05, 3.63) is 34.8 Å². The van der Waals surface area contributed by atoms with E-state index >= 15 is 0 Å². The maximum absolute atomic E-state index is 12.1. The minimum atomic E-state index is -4.92. The largest absolute Gasteiger partial charge is 0.726 e. The van der Waals surface area contributed by atoms with E-state index in [2.05, 4.69) is 4.98 Å². The predicted octanol–water partition coefficient (Wildman–Crippen LogP) is 2.19. The van der Waals surface area contributed by atoms with Crippen LogP contribution in [-0.4, -0.2) is 17.5 Å². The Labute approximate surface area is 93.9 Å². The van der Waals surface area contributed by atoms with Crippen LogP contribution in [0.4, 0.5) is 18.9 Å². The van der Waals surface area contributed by atoms with Gasteiger partial charge in [-0.15, -0.1) is 0 Å². The number of nitrogens with zero attached hydrogens (tertiary/aromatic N) is 2. The number of hydrogen-bond donors (Lipinski definition) is 1. The standard InChI is InChI=1S/C7H4F3N2.H2O4S/c8-7(9,10)5-3-1-2-4-6(5)12-11;1-5(2,3)4/h1-4H;(H2,1,2,3,4)/q+1;/p-1. The lowest BCUT2D eigenvalue weighted by Gasteiger charge is -2.01. The number of alkyl halides is 3. The molecule has 0 bridgehead atoms. The van der Waals surface area contributed by atoms with Gasteiger partial charge in [0.25, 0.3) is 0 Å². The normalized spacial score (nSPS) is 11.1. The van der Waals surface area contributed by atoms with Gasteiger partial charge in [-0.2, -0.15) is 13.2 Å². The molecule has 0 fully saturated rings. The Balaban J connectivity index is 0.000000437. The zero-order valence-corrected chi connectivity index (χ0v) is 8.73. The first-order valence-electron chi connectivity index (χ1n) is 3.75. The van der Waals surface area contributed by atoms with Crippen LogP contribution in [0.1, 0.15) is 5.56 Å². The molecule has 0 atom stereocenters. The van der Waals surface area contributed by atoms with E-state index in [9.17, 15) is 13.2 Å². The third-order valence-electron chi connectivity index (χ3n) is 1.32. The monoisotopic (exact) mass is 270 g/mol. The van der Waals surface area contributed by atoms with Gasteiger partial charge in [-0.1, -0.05) is 12.1 Å². The van der Waals surface area contributed by atoms with Crippen LogP contribution < -0.4 is 0 Å². The lowest BCUT2D eigenvalue weighted by Crippen LogP contribution is -2.04. The van der Waals surface area contributed by atoms with Gasteiger partial charge in [-0.3, -0.25) is 4.55 Å². The van der Waals surface area contributed by atoms with Crippen molar-refractivity contribution < 1.29 is 30.7 Å². The van der Waals surface area contributed by atoms with E-state index in [1.807, 2.05) is 0 Å². The van der Waals surface area contributed by atoms with Gasteiger partial charge in [-0.05, 0) is 6.07 Å². The Kier molecular flexibility index (Phi) is 5.02. The van der Waals surface area contributed by atoms with E-state index in [1.54, 1.807) is 0 Å². The summed E-state index contributed by atoms with van der Waals surface area (Å²) in [6.07, 6.45) is -4.47. The summed E-state index contributed by atoms with van der Waals surface area (Å²) in [5.41, 5.74) is -1.41. The van der Waals surface area contributed by atoms with Crippen molar-refractivity contribution in [1.82, 2.24) is 0 Å². The molecule has 1 N–H and O–H groups in total. The molecule has 0 aliphatic carbocycles. The minimum Gasteiger partial charge on any atom is -0.726 e. The molecule has 0 aliphatic rings. The van der Waals surface area contributed by atoms with Gasteiger partial charge in [0, 0.05) is 6.07 Å². The maximum atomic E-state index is 12.1. The van der Waals surface area contributed by atoms with Gasteiger partial charge in [-0.25, -0.2) is 8.42 Å². The highest BCUT2D eigenvalue weighted by Crippen LogP contribution is 2.35. The topological polar surface area (TPSA) is 106 Å². The first-order chi connectivity index (χ1) is 7.55. The highest BCUT2D eigenvalue weighted by Gasteiger charge is 2.38. The zero-order chi connectivity index (χ0) is 13.7. The van der Waals surface area contributed by atoms with E-state index in [4.69, 9.17) is 22.9 Å². The molecular weight excluding hydrogens is 265 g/mol. The Hall–Kier alpha value is -1.70. The molecule has 0 radical (unpaired) electrons. The molecule has 0 amide bonds. The van der Waals surface area contributed by atoms with Gasteiger partial charge in [0.1, 0.15) is 0 Å². The van der Waals surface area contributed by atoms with Crippen LogP contribution in [0.5, 0.6) is 0 Å². The van der Waals surface area contributed by atoms with Crippen LogP contribution in [-0.2, 0) is 16.6 Å². The summed E-state index contributed by atoms with van der Waals surface area (Å²) in [7, 11) is -4.92. The Morgan fingerprint density at radius 2 is 1.71 bits per heavy atom. The Morgan fingerprint density at radius 3 is 2.00 bits per heavy atom. The van der Waals surface area contributed by atoms with Crippen LogP contribution in [0.3, 0.4) is 0 Å². The highest BCUT2D eigenvalue weighted by atomic mass is 32.3. The molecule has 17 heavy (non-hydrogen) atoms.